The van der Waals surface area contributed by atoms with Gasteiger partial charge in [-0.15, -0.1) is 0 Å². The molecule has 1 heterocycles. The van der Waals surface area contributed by atoms with Gasteiger partial charge in [-0.05, 0) is 33.6 Å². The van der Waals surface area contributed by atoms with Crippen molar-refractivity contribution in [1.29, 1.82) is 0 Å². The van der Waals surface area contributed by atoms with Crippen LogP contribution in [0, 0.1) is 0 Å². The first-order chi connectivity index (χ1) is 9.27. The highest BCUT2D eigenvalue weighted by Gasteiger charge is 2.29. The van der Waals surface area contributed by atoms with Crippen molar-refractivity contribution in [3.63, 3.8) is 0 Å². The Balaban J connectivity index is 2.29. The molecule has 1 N–H and O–H groups in total. The topological polar surface area (TPSA) is 54.9 Å². The zero-order chi connectivity index (χ0) is 14.9. The molecule has 0 spiro atoms. The van der Waals surface area contributed by atoms with Crippen LogP contribution >= 0.6 is 15.9 Å². The molecule has 0 radical (unpaired) electrons. The first-order valence-corrected chi connectivity index (χ1v) is 6.22. The van der Waals surface area contributed by atoms with Crippen LogP contribution in [0.2, 0.25) is 0 Å². The summed E-state index contributed by atoms with van der Waals surface area (Å²) in [6.07, 6.45) is -3.10. The van der Waals surface area contributed by atoms with Crippen LogP contribution in [0.1, 0.15) is 11.1 Å². The first-order valence-electron chi connectivity index (χ1n) is 5.43. The van der Waals surface area contributed by atoms with Crippen LogP contribution in [-0.2, 0) is 12.7 Å². The Hall–Kier alpha value is -1.83. The Morgan fingerprint density at radius 3 is 2.30 bits per heavy atom. The summed E-state index contributed by atoms with van der Waals surface area (Å²) in [6.45, 7) is 0.0619. The molecule has 0 fully saturated rings. The molecule has 1 aromatic carbocycles. The number of H-pyrrole nitrogens is 1. The Morgan fingerprint density at radius 1 is 1.15 bits per heavy atom. The van der Waals surface area contributed by atoms with E-state index < -0.39 is 23.0 Å². The molecular weight excluding hydrogens is 341 g/mol. The quantitative estimate of drug-likeness (QED) is 0.905. The van der Waals surface area contributed by atoms with E-state index in [9.17, 15) is 22.8 Å². The van der Waals surface area contributed by atoms with Gasteiger partial charge < -0.3 is 0 Å². The second-order valence-corrected chi connectivity index (χ2v) is 4.91. The highest BCUT2D eigenvalue weighted by atomic mass is 79.9. The summed E-state index contributed by atoms with van der Waals surface area (Å²) in [5.74, 6) is 0. The second-order valence-electron chi connectivity index (χ2n) is 4.06. The lowest BCUT2D eigenvalue weighted by Gasteiger charge is -2.09. The molecule has 4 nitrogen and oxygen atoms in total. The van der Waals surface area contributed by atoms with Gasteiger partial charge in [-0.3, -0.25) is 14.3 Å². The lowest BCUT2D eigenvalue weighted by atomic mass is 10.1. The number of hydrogen-bond acceptors (Lipinski definition) is 2. The standard InChI is InChI=1S/C12H8BrF3N2O2/c13-9-6-18(11(20)17-10(9)19)5-7-1-3-8(4-2-7)12(14,15)16/h1-4,6H,5H2,(H,17,19,20). The predicted octanol–water partition coefficient (Wildman–Crippen LogP) is 2.37. The van der Waals surface area contributed by atoms with Crippen LogP contribution in [0.3, 0.4) is 0 Å². The number of benzene rings is 1. The summed E-state index contributed by atoms with van der Waals surface area (Å²) in [6, 6.07) is 4.46. The molecular formula is C12H8BrF3N2O2. The number of nitrogens with one attached hydrogen (secondary N) is 1. The molecule has 0 saturated heterocycles. The van der Waals surface area contributed by atoms with Crippen LogP contribution < -0.4 is 11.2 Å². The van der Waals surface area contributed by atoms with Gasteiger partial charge in [0.25, 0.3) is 5.56 Å². The third-order valence-electron chi connectivity index (χ3n) is 2.60. The average molecular weight is 349 g/mol. The summed E-state index contributed by atoms with van der Waals surface area (Å²) < 4.78 is 38.6. The molecule has 1 aromatic heterocycles. The molecule has 0 unspecified atom stereocenters. The van der Waals surface area contributed by atoms with Crippen molar-refractivity contribution < 1.29 is 13.2 Å². The van der Waals surface area contributed by atoms with Gasteiger partial charge in [0.1, 0.15) is 0 Å². The van der Waals surface area contributed by atoms with E-state index in [1.807, 2.05) is 0 Å². The molecule has 20 heavy (non-hydrogen) atoms. The van der Waals surface area contributed by atoms with Gasteiger partial charge in [-0.25, -0.2) is 4.79 Å². The maximum absolute atomic E-state index is 12.4. The van der Waals surface area contributed by atoms with Gasteiger partial charge in [-0.1, -0.05) is 12.1 Å². The fraction of sp³-hybridized carbons (Fsp3) is 0.167. The van der Waals surface area contributed by atoms with Gasteiger partial charge in [0, 0.05) is 6.20 Å². The fourth-order valence-corrected chi connectivity index (χ4v) is 1.94. The van der Waals surface area contributed by atoms with Gasteiger partial charge in [0.15, 0.2) is 0 Å². The van der Waals surface area contributed by atoms with E-state index >= 15 is 0 Å². The van der Waals surface area contributed by atoms with E-state index in [1.54, 1.807) is 0 Å². The maximum Gasteiger partial charge on any atom is 0.416 e. The smallest absolute Gasteiger partial charge is 0.295 e. The van der Waals surface area contributed by atoms with E-state index in [0.717, 1.165) is 12.1 Å². The van der Waals surface area contributed by atoms with E-state index in [2.05, 4.69) is 20.9 Å². The molecule has 0 atom stereocenters. The minimum atomic E-state index is -4.39. The normalized spacial score (nSPS) is 11.6. The maximum atomic E-state index is 12.4. The van der Waals surface area contributed by atoms with Crippen molar-refractivity contribution in [2.24, 2.45) is 0 Å². The molecule has 0 aliphatic carbocycles. The Morgan fingerprint density at radius 2 is 1.75 bits per heavy atom. The van der Waals surface area contributed by atoms with Gasteiger partial charge in [0.05, 0.1) is 16.6 Å². The summed E-state index contributed by atoms with van der Waals surface area (Å²) in [7, 11) is 0. The minimum Gasteiger partial charge on any atom is -0.295 e. The monoisotopic (exact) mass is 348 g/mol. The zero-order valence-electron chi connectivity index (χ0n) is 9.87. The third-order valence-corrected chi connectivity index (χ3v) is 3.17. The predicted molar refractivity (Wildman–Crippen MR) is 69.6 cm³/mol. The lowest BCUT2D eigenvalue weighted by Crippen LogP contribution is -2.30. The Labute approximate surface area is 119 Å². The van der Waals surface area contributed by atoms with Gasteiger partial charge >= 0.3 is 11.9 Å². The Kier molecular flexibility index (Phi) is 3.85. The highest BCUT2D eigenvalue weighted by molar-refractivity contribution is 9.10. The van der Waals surface area contributed by atoms with Crippen molar-refractivity contribution in [1.82, 2.24) is 9.55 Å². The van der Waals surface area contributed by atoms with E-state index in [1.165, 1.54) is 22.9 Å². The number of aromatic amines is 1. The second kappa shape index (κ2) is 5.28. The van der Waals surface area contributed by atoms with E-state index in [0.29, 0.717) is 5.56 Å². The van der Waals surface area contributed by atoms with Crippen LogP contribution in [0.25, 0.3) is 0 Å². The van der Waals surface area contributed by atoms with Crippen molar-refractivity contribution in [3.8, 4) is 0 Å². The highest BCUT2D eigenvalue weighted by Crippen LogP contribution is 2.29. The number of nitrogens with zero attached hydrogens (tertiary/aromatic N) is 1. The molecule has 0 aliphatic rings. The van der Waals surface area contributed by atoms with E-state index in [-0.39, 0.29) is 11.0 Å². The zero-order valence-corrected chi connectivity index (χ0v) is 11.5. The van der Waals surface area contributed by atoms with Crippen LogP contribution in [0.4, 0.5) is 13.2 Å². The SMILES string of the molecule is O=c1[nH]c(=O)n(Cc2ccc(C(F)(F)F)cc2)cc1Br. The number of hydrogen-bond donors (Lipinski definition) is 1. The molecule has 0 amide bonds. The van der Waals surface area contributed by atoms with Crippen LogP contribution in [-0.4, -0.2) is 9.55 Å². The van der Waals surface area contributed by atoms with Crippen LogP contribution in [0.5, 0.6) is 0 Å². The van der Waals surface area contributed by atoms with Gasteiger partial charge in [0.2, 0.25) is 0 Å². The molecule has 106 valence electrons. The van der Waals surface area contributed by atoms with Crippen molar-refractivity contribution >= 4 is 15.9 Å². The lowest BCUT2D eigenvalue weighted by molar-refractivity contribution is -0.137. The minimum absolute atomic E-state index is 0.0619. The van der Waals surface area contributed by atoms with E-state index in [4.69, 9.17) is 0 Å². The summed E-state index contributed by atoms with van der Waals surface area (Å²) in [5, 5.41) is 0. The largest absolute Gasteiger partial charge is 0.416 e. The number of rotatable bonds is 2. The summed E-state index contributed by atoms with van der Waals surface area (Å²) in [4.78, 5) is 24.8. The Bertz CT molecular complexity index is 732. The molecule has 8 heteroatoms. The molecule has 2 aromatic rings. The van der Waals surface area contributed by atoms with Crippen molar-refractivity contribution in [2.45, 2.75) is 12.7 Å². The molecule has 2 rings (SSSR count). The fourth-order valence-electron chi connectivity index (χ4n) is 1.60. The molecule has 0 saturated carbocycles. The summed E-state index contributed by atoms with van der Waals surface area (Å²) in [5.41, 5.74) is -1.42. The number of halogens is 4. The van der Waals surface area contributed by atoms with Crippen molar-refractivity contribution in [3.05, 3.63) is 66.9 Å². The molecule has 0 aliphatic heterocycles. The van der Waals surface area contributed by atoms with Crippen LogP contribution in [0.15, 0.2) is 44.5 Å². The third kappa shape index (κ3) is 3.19. The van der Waals surface area contributed by atoms with Crippen molar-refractivity contribution in [2.75, 3.05) is 0 Å². The first kappa shape index (κ1) is 14.6. The molecule has 0 bridgehead atoms. The summed E-state index contributed by atoms with van der Waals surface area (Å²) >= 11 is 2.98. The number of alkyl halides is 3. The average Bonchev–Trinajstić information content (AvgIpc) is 2.35. The number of aromatic nitrogens is 2. The van der Waals surface area contributed by atoms with Gasteiger partial charge in [-0.2, -0.15) is 13.2 Å².